The molecule has 0 saturated heterocycles. The van der Waals surface area contributed by atoms with E-state index in [9.17, 15) is 0 Å². The summed E-state index contributed by atoms with van der Waals surface area (Å²) < 4.78 is 0. The summed E-state index contributed by atoms with van der Waals surface area (Å²) in [5.74, 6) is 0. The molecule has 59 heavy (non-hydrogen) atoms. The van der Waals surface area contributed by atoms with Crippen LogP contribution in [0.5, 0.6) is 0 Å². The third-order valence-electron chi connectivity index (χ3n) is 13.2. The second-order valence-electron chi connectivity index (χ2n) is 16.8. The number of hydrogen-bond donors (Lipinski definition) is 0. The van der Waals surface area contributed by atoms with E-state index in [0.717, 1.165) is 0 Å². The maximum Gasteiger partial charge on any atom is 0.0159 e. The maximum absolute atomic E-state index is 2.47. The summed E-state index contributed by atoms with van der Waals surface area (Å²) in [7, 11) is 0. The van der Waals surface area contributed by atoms with Gasteiger partial charge in [0.1, 0.15) is 0 Å². The number of benzene rings is 11. The number of fused-ring (bicyclic) bond motifs is 8. The molecule has 0 spiro atoms. The average Bonchev–Trinajstić information content (AvgIpc) is 3.53. The summed E-state index contributed by atoms with van der Waals surface area (Å²) in [6, 6.07) is 77.1. The predicted molar refractivity (Wildman–Crippen MR) is 253 cm³/mol. The van der Waals surface area contributed by atoms with Gasteiger partial charge in [-0.15, -0.1) is 0 Å². The molecule has 0 bridgehead atoms. The van der Waals surface area contributed by atoms with Crippen molar-refractivity contribution in [2.75, 3.05) is 0 Å². The van der Waals surface area contributed by atoms with Crippen LogP contribution < -0.4 is 0 Å². The molecule has 0 amide bonds. The summed E-state index contributed by atoms with van der Waals surface area (Å²) >= 11 is 0. The van der Waals surface area contributed by atoms with Crippen LogP contribution in [-0.2, 0) is 5.41 Å². The molecule has 12 rings (SSSR count). The maximum atomic E-state index is 2.47. The van der Waals surface area contributed by atoms with Gasteiger partial charge >= 0.3 is 0 Å². The van der Waals surface area contributed by atoms with Crippen LogP contribution in [0.4, 0.5) is 0 Å². The van der Waals surface area contributed by atoms with Crippen LogP contribution in [0.1, 0.15) is 25.0 Å². The first-order chi connectivity index (χ1) is 29.0. The largest absolute Gasteiger partial charge is 0.0619 e. The monoisotopic (exact) mass is 748 g/mol. The smallest absolute Gasteiger partial charge is 0.0159 e. The Kier molecular flexibility index (Phi) is 7.38. The second kappa shape index (κ2) is 12.9. The summed E-state index contributed by atoms with van der Waals surface area (Å²) in [6.45, 7) is 4.76. The topological polar surface area (TPSA) is 0 Å². The molecule has 0 aliphatic heterocycles. The lowest BCUT2D eigenvalue weighted by Gasteiger charge is -2.23. The molecule has 0 heteroatoms. The van der Waals surface area contributed by atoms with Crippen molar-refractivity contribution in [3.8, 4) is 55.6 Å². The summed E-state index contributed by atoms with van der Waals surface area (Å²) in [5, 5.41) is 12.6. The lowest BCUT2D eigenvalue weighted by atomic mass is 9.80. The van der Waals surface area contributed by atoms with Crippen molar-refractivity contribution in [3.63, 3.8) is 0 Å². The van der Waals surface area contributed by atoms with E-state index in [4.69, 9.17) is 0 Å². The van der Waals surface area contributed by atoms with Gasteiger partial charge in [0.2, 0.25) is 0 Å². The van der Waals surface area contributed by atoms with Crippen LogP contribution in [0.25, 0.3) is 109 Å². The van der Waals surface area contributed by atoms with Crippen LogP contribution in [0, 0.1) is 0 Å². The van der Waals surface area contributed by atoms with Gasteiger partial charge in [-0.2, -0.15) is 0 Å². The summed E-state index contributed by atoms with van der Waals surface area (Å²) in [5.41, 5.74) is 15.4. The Bertz CT molecular complexity index is 3520. The average molecular weight is 749 g/mol. The molecule has 0 unspecified atom stereocenters. The molecule has 11 aromatic rings. The van der Waals surface area contributed by atoms with Gasteiger partial charge in [0.05, 0.1) is 0 Å². The van der Waals surface area contributed by atoms with Crippen molar-refractivity contribution in [1.29, 1.82) is 0 Å². The summed E-state index contributed by atoms with van der Waals surface area (Å²) in [4.78, 5) is 0. The van der Waals surface area contributed by atoms with Crippen LogP contribution in [0.15, 0.2) is 206 Å². The van der Waals surface area contributed by atoms with E-state index in [-0.39, 0.29) is 5.41 Å². The molecule has 0 heterocycles. The van der Waals surface area contributed by atoms with Gasteiger partial charge in [0.15, 0.2) is 0 Å². The zero-order valence-electron chi connectivity index (χ0n) is 33.1. The Morgan fingerprint density at radius 1 is 0.254 bits per heavy atom. The molecule has 0 aromatic heterocycles. The fraction of sp³-hybridized carbons (Fsp3) is 0.0508. The molecule has 0 nitrogen and oxygen atoms in total. The highest BCUT2D eigenvalue weighted by Gasteiger charge is 2.37. The Balaban J connectivity index is 1.12. The zero-order valence-corrected chi connectivity index (χ0v) is 33.1. The molecule has 1 aliphatic rings. The van der Waals surface area contributed by atoms with Crippen LogP contribution in [0.3, 0.4) is 0 Å². The highest BCUT2D eigenvalue weighted by Crippen LogP contribution is 2.55. The third-order valence-corrected chi connectivity index (χ3v) is 13.2. The Hall–Kier alpha value is -7.28. The molecule has 0 atom stereocenters. The lowest BCUT2D eigenvalue weighted by molar-refractivity contribution is 0.660. The Morgan fingerprint density at radius 2 is 0.746 bits per heavy atom. The minimum absolute atomic E-state index is 0.0949. The molecule has 11 aromatic carbocycles. The van der Waals surface area contributed by atoms with Crippen molar-refractivity contribution >= 4 is 53.9 Å². The van der Waals surface area contributed by atoms with E-state index in [1.165, 1.54) is 121 Å². The normalized spacial score (nSPS) is 13.1. The van der Waals surface area contributed by atoms with Gasteiger partial charge in [-0.1, -0.05) is 196 Å². The zero-order chi connectivity index (χ0) is 39.2. The predicted octanol–water partition coefficient (Wildman–Crippen LogP) is 16.4. The Labute approximate surface area is 344 Å². The van der Waals surface area contributed by atoms with Gasteiger partial charge in [-0.3, -0.25) is 0 Å². The van der Waals surface area contributed by atoms with E-state index in [0.29, 0.717) is 0 Å². The molecular weight excluding hydrogens is 709 g/mol. The molecule has 0 fully saturated rings. The third kappa shape index (κ3) is 5.16. The van der Waals surface area contributed by atoms with Crippen LogP contribution in [0.2, 0.25) is 0 Å². The van der Waals surface area contributed by atoms with Crippen molar-refractivity contribution in [3.05, 3.63) is 217 Å². The van der Waals surface area contributed by atoms with Crippen LogP contribution in [-0.4, -0.2) is 0 Å². The van der Waals surface area contributed by atoms with Gasteiger partial charge in [-0.05, 0) is 145 Å². The number of rotatable bonds is 4. The van der Waals surface area contributed by atoms with E-state index in [1.807, 2.05) is 0 Å². The van der Waals surface area contributed by atoms with Crippen LogP contribution >= 0.6 is 0 Å². The second-order valence-corrected chi connectivity index (χ2v) is 16.8. The van der Waals surface area contributed by atoms with E-state index in [2.05, 4.69) is 220 Å². The van der Waals surface area contributed by atoms with Gasteiger partial charge in [0, 0.05) is 5.41 Å². The highest BCUT2D eigenvalue weighted by atomic mass is 14.4. The van der Waals surface area contributed by atoms with Gasteiger partial charge < -0.3 is 0 Å². The quantitative estimate of drug-likeness (QED) is 0.157. The Morgan fingerprint density at radius 3 is 1.59 bits per heavy atom. The molecule has 0 saturated carbocycles. The molecule has 0 radical (unpaired) electrons. The minimum atomic E-state index is -0.0949. The fourth-order valence-electron chi connectivity index (χ4n) is 10.3. The minimum Gasteiger partial charge on any atom is -0.0619 e. The van der Waals surface area contributed by atoms with E-state index < -0.39 is 0 Å². The van der Waals surface area contributed by atoms with Crippen molar-refractivity contribution < 1.29 is 0 Å². The van der Waals surface area contributed by atoms with Crippen molar-refractivity contribution in [1.82, 2.24) is 0 Å². The first kappa shape index (κ1) is 33.8. The lowest BCUT2D eigenvalue weighted by Crippen LogP contribution is -2.14. The molecular formula is C59H40. The first-order valence-corrected chi connectivity index (χ1v) is 20.7. The molecule has 0 N–H and O–H groups in total. The van der Waals surface area contributed by atoms with Crippen molar-refractivity contribution in [2.24, 2.45) is 0 Å². The fourth-order valence-corrected chi connectivity index (χ4v) is 10.3. The van der Waals surface area contributed by atoms with Gasteiger partial charge in [0.25, 0.3) is 0 Å². The SMILES string of the molecule is CC1(C)c2ccccc2-c2c(-c3c4ccccc4c(-c4ccc5cc(-c6cccc7ccccc67)ccc5c4)c4ccc(-c5ccc6ccccc6c5)cc34)cccc21. The van der Waals surface area contributed by atoms with Gasteiger partial charge in [-0.25, -0.2) is 0 Å². The van der Waals surface area contributed by atoms with E-state index >= 15 is 0 Å². The highest BCUT2D eigenvalue weighted by molar-refractivity contribution is 6.23. The standard InChI is InChI=1S/C59H40/c1-59(2)54-23-10-9-20-51(54)58-52(22-12-24-55(58)59)57-49-19-8-7-18-48(49)56(50-32-31-43(36-53(50)57)40-26-25-37-13-3-4-15-39(37)33-40)45-30-28-41-34-44(29-27-42(41)35-45)47-21-11-16-38-14-5-6-17-46(38)47/h3-36H,1-2H3. The first-order valence-electron chi connectivity index (χ1n) is 20.7. The molecule has 1 aliphatic carbocycles. The number of hydrogen-bond acceptors (Lipinski definition) is 0. The molecule has 276 valence electrons. The van der Waals surface area contributed by atoms with E-state index in [1.54, 1.807) is 0 Å². The van der Waals surface area contributed by atoms with Crippen molar-refractivity contribution in [2.45, 2.75) is 19.3 Å². The summed E-state index contributed by atoms with van der Waals surface area (Å²) in [6.07, 6.45) is 0.